The summed E-state index contributed by atoms with van der Waals surface area (Å²) in [6.07, 6.45) is 6.41. The minimum absolute atomic E-state index is 0.355. The number of ether oxygens (including phenoxy) is 1. The summed E-state index contributed by atoms with van der Waals surface area (Å²) in [4.78, 5) is 0. The van der Waals surface area contributed by atoms with Crippen molar-refractivity contribution in [3.63, 3.8) is 0 Å². The smallest absolute Gasteiger partial charge is 0.122 e. The number of para-hydroxylation sites is 1. The van der Waals surface area contributed by atoms with Gasteiger partial charge in [0, 0.05) is 5.92 Å². The van der Waals surface area contributed by atoms with Crippen LogP contribution in [0.5, 0.6) is 5.75 Å². The van der Waals surface area contributed by atoms with Crippen molar-refractivity contribution < 1.29 is 4.74 Å². The van der Waals surface area contributed by atoms with Gasteiger partial charge in [0.2, 0.25) is 0 Å². The number of nitrogens with two attached hydrogens (primary N) is 1. The van der Waals surface area contributed by atoms with Gasteiger partial charge in [-0.25, -0.2) is 0 Å². The van der Waals surface area contributed by atoms with Crippen LogP contribution in [0.2, 0.25) is 0 Å². The third-order valence-corrected chi connectivity index (χ3v) is 4.75. The van der Waals surface area contributed by atoms with Crippen molar-refractivity contribution in [3.05, 3.63) is 29.8 Å². The second kappa shape index (κ2) is 4.34. The van der Waals surface area contributed by atoms with E-state index in [4.69, 9.17) is 10.5 Å². The summed E-state index contributed by atoms with van der Waals surface area (Å²) in [7, 11) is 0. The summed E-state index contributed by atoms with van der Waals surface area (Å²) >= 11 is 0. The normalized spacial score (nSPS) is 26.3. The van der Waals surface area contributed by atoms with Crippen LogP contribution in [-0.4, -0.2) is 13.2 Å². The van der Waals surface area contributed by atoms with Crippen LogP contribution >= 0.6 is 0 Å². The monoisotopic (exact) mass is 231 g/mol. The summed E-state index contributed by atoms with van der Waals surface area (Å²) in [6, 6.07) is 8.43. The van der Waals surface area contributed by atoms with Crippen molar-refractivity contribution in [3.8, 4) is 5.75 Å². The maximum absolute atomic E-state index is 6.06. The highest BCUT2D eigenvalue weighted by atomic mass is 16.5. The molecule has 0 amide bonds. The van der Waals surface area contributed by atoms with E-state index in [1.807, 2.05) is 6.07 Å². The van der Waals surface area contributed by atoms with Crippen LogP contribution in [0.25, 0.3) is 0 Å². The lowest BCUT2D eigenvalue weighted by molar-refractivity contribution is 0.0941. The van der Waals surface area contributed by atoms with Crippen LogP contribution in [-0.2, 0) is 6.42 Å². The summed E-state index contributed by atoms with van der Waals surface area (Å²) in [5.74, 6) is 1.69. The summed E-state index contributed by atoms with van der Waals surface area (Å²) in [6.45, 7) is 1.68. The van der Waals surface area contributed by atoms with Crippen LogP contribution in [0.4, 0.5) is 0 Å². The Morgan fingerprint density at radius 2 is 2.00 bits per heavy atom. The Balaban J connectivity index is 1.83. The summed E-state index contributed by atoms with van der Waals surface area (Å²) in [5, 5.41) is 0. The van der Waals surface area contributed by atoms with Crippen molar-refractivity contribution in [2.45, 2.75) is 32.1 Å². The first-order chi connectivity index (χ1) is 8.34. The number of benzene rings is 1. The van der Waals surface area contributed by atoms with Gasteiger partial charge in [-0.15, -0.1) is 0 Å². The van der Waals surface area contributed by atoms with Gasteiger partial charge in [0.15, 0.2) is 0 Å². The largest absolute Gasteiger partial charge is 0.493 e. The second-order valence-electron chi connectivity index (χ2n) is 5.59. The molecule has 1 aromatic rings. The standard InChI is InChI=1S/C15H21NO/c16-11-15(7-3-4-8-15)13-9-12-5-1-2-6-14(12)17-10-13/h1-2,5-6,13H,3-4,7-11,16H2. The molecule has 1 fully saturated rings. The highest BCUT2D eigenvalue weighted by Crippen LogP contribution is 2.47. The van der Waals surface area contributed by atoms with Gasteiger partial charge in [-0.3, -0.25) is 0 Å². The molecule has 1 aromatic carbocycles. The topological polar surface area (TPSA) is 35.2 Å². The van der Waals surface area contributed by atoms with E-state index in [0.29, 0.717) is 11.3 Å². The number of fused-ring (bicyclic) bond motifs is 1. The lowest BCUT2D eigenvalue weighted by Crippen LogP contribution is -2.41. The molecule has 0 radical (unpaired) electrons. The molecule has 1 heterocycles. The van der Waals surface area contributed by atoms with Crippen molar-refractivity contribution >= 4 is 0 Å². The molecule has 0 spiro atoms. The Morgan fingerprint density at radius 3 is 2.76 bits per heavy atom. The van der Waals surface area contributed by atoms with Gasteiger partial charge in [-0.1, -0.05) is 31.0 Å². The lowest BCUT2D eigenvalue weighted by atomic mass is 9.71. The van der Waals surface area contributed by atoms with Gasteiger partial charge < -0.3 is 10.5 Å². The highest BCUT2D eigenvalue weighted by Gasteiger charge is 2.41. The molecule has 92 valence electrons. The van der Waals surface area contributed by atoms with Crippen LogP contribution in [0.15, 0.2) is 24.3 Å². The molecule has 0 saturated heterocycles. The average molecular weight is 231 g/mol. The van der Waals surface area contributed by atoms with Crippen molar-refractivity contribution in [1.29, 1.82) is 0 Å². The fraction of sp³-hybridized carbons (Fsp3) is 0.600. The van der Waals surface area contributed by atoms with Gasteiger partial charge >= 0.3 is 0 Å². The molecular formula is C15H21NO. The molecule has 1 unspecified atom stereocenters. The number of hydrogen-bond acceptors (Lipinski definition) is 2. The molecule has 1 atom stereocenters. The van der Waals surface area contributed by atoms with E-state index in [0.717, 1.165) is 25.3 Å². The third-order valence-electron chi connectivity index (χ3n) is 4.75. The van der Waals surface area contributed by atoms with E-state index < -0.39 is 0 Å². The summed E-state index contributed by atoms with van der Waals surface area (Å²) < 4.78 is 5.92. The highest BCUT2D eigenvalue weighted by molar-refractivity contribution is 5.35. The first-order valence-electron chi connectivity index (χ1n) is 6.75. The van der Waals surface area contributed by atoms with Crippen LogP contribution < -0.4 is 10.5 Å². The Morgan fingerprint density at radius 1 is 1.24 bits per heavy atom. The van der Waals surface area contributed by atoms with E-state index in [1.165, 1.54) is 31.2 Å². The van der Waals surface area contributed by atoms with Crippen LogP contribution in [0, 0.1) is 11.3 Å². The first-order valence-corrected chi connectivity index (χ1v) is 6.75. The predicted octanol–water partition coefficient (Wildman–Crippen LogP) is 2.76. The Bertz CT molecular complexity index is 396. The molecule has 2 N–H and O–H groups in total. The van der Waals surface area contributed by atoms with Crippen LogP contribution in [0.1, 0.15) is 31.2 Å². The van der Waals surface area contributed by atoms with E-state index in [2.05, 4.69) is 18.2 Å². The van der Waals surface area contributed by atoms with Gasteiger partial charge in [0.1, 0.15) is 5.75 Å². The fourth-order valence-corrected chi connectivity index (χ4v) is 3.58. The minimum atomic E-state index is 0.355. The van der Waals surface area contributed by atoms with E-state index in [-0.39, 0.29) is 0 Å². The van der Waals surface area contributed by atoms with Crippen molar-refractivity contribution in [2.75, 3.05) is 13.2 Å². The quantitative estimate of drug-likeness (QED) is 0.849. The molecule has 17 heavy (non-hydrogen) atoms. The Hall–Kier alpha value is -1.02. The molecule has 1 aliphatic carbocycles. The molecule has 2 heteroatoms. The Labute approximate surface area is 103 Å². The van der Waals surface area contributed by atoms with Gasteiger partial charge in [-0.2, -0.15) is 0 Å². The fourth-order valence-electron chi connectivity index (χ4n) is 3.58. The molecule has 1 saturated carbocycles. The zero-order valence-electron chi connectivity index (χ0n) is 10.3. The molecule has 2 nitrogen and oxygen atoms in total. The van der Waals surface area contributed by atoms with Crippen molar-refractivity contribution in [1.82, 2.24) is 0 Å². The number of rotatable bonds is 2. The molecule has 1 aliphatic heterocycles. The van der Waals surface area contributed by atoms with Crippen LogP contribution in [0.3, 0.4) is 0 Å². The van der Waals surface area contributed by atoms with Crippen molar-refractivity contribution in [2.24, 2.45) is 17.1 Å². The van der Waals surface area contributed by atoms with E-state index in [9.17, 15) is 0 Å². The SMILES string of the molecule is NCC1(C2COc3ccccc3C2)CCCC1. The summed E-state index contributed by atoms with van der Waals surface area (Å²) in [5.41, 5.74) is 7.78. The van der Waals surface area contributed by atoms with E-state index in [1.54, 1.807) is 0 Å². The molecule has 0 aromatic heterocycles. The third kappa shape index (κ3) is 1.85. The minimum Gasteiger partial charge on any atom is -0.493 e. The molecule has 0 bridgehead atoms. The zero-order chi connectivity index (χ0) is 11.7. The average Bonchev–Trinajstić information content (AvgIpc) is 2.88. The second-order valence-corrected chi connectivity index (χ2v) is 5.59. The lowest BCUT2D eigenvalue weighted by Gasteiger charge is -2.39. The van der Waals surface area contributed by atoms with Gasteiger partial charge in [0.05, 0.1) is 6.61 Å². The molecule has 2 aliphatic rings. The van der Waals surface area contributed by atoms with Gasteiger partial charge in [-0.05, 0) is 42.9 Å². The Kier molecular flexibility index (Phi) is 2.83. The maximum atomic E-state index is 6.06. The van der Waals surface area contributed by atoms with Gasteiger partial charge in [0.25, 0.3) is 0 Å². The van der Waals surface area contributed by atoms with E-state index >= 15 is 0 Å². The maximum Gasteiger partial charge on any atom is 0.122 e. The molecular weight excluding hydrogens is 210 g/mol. The number of hydrogen-bond donors (Lipinski definition) is 1. The predicted molar refractivity (Wildman–Crippen MR) is 69.1 cm³/mol. The first kappa shape index (κ1) is 11.1. The molecule has 3 rings (SSSR count). The zero-order valence-corrected chi connectivity index (χ0v) is 10.3.